The van der Waals surface area contributed by atoms with Crippen LogP contribution in [0.5, 0.6) is 17.2 Å². The molecule has 0 radical (unpaired) electrons. The summed E-state index contributed by atoms with van der Waals surface area (Å²) in [6.45, 7) is 0. The number of anilines is 1. The van der Waals surface area contributed by atoms with Crippen molar-refractivity contribution in [1.29, 1.82) is 0 Å². The van der Waals surface area contributed by atoms with E-state index in [9.17, 15) is 4.39 Å². The number of benzene rings is 4. The Bertz CT molecular complexity index is 1260. The molecule has 4 nitrogen and oxygen atoms in total. The SMILES string of the molecule is COc1ccc(C2=NN(c3ccccc3)[C@H](c3ccc(F)c(Oc4ccccc4)c3)C2)cc1. The first-order chi connectivity index (χ1) is 16.2. The number of para-hydroxylation sites is 2. The van der Waals surface area contributed by atoms with Gasteiger partial charge in [0, 0.05) is 6.42 Å². The molecule has 1 atom stereocenters. The van der Waals surface area contributed by atoms with Gasteiger partial charge < -0.3 is 9.47 Å². The van der Waals surface area contributed by atoms with Gasteiger partial charge in [-0.05, 0) is 71.8 Å². The maximum atomic E-state index is 14.6. The van der Waals surface area contributed by atoms with Crippen molar-refractivity contribution in [1.82, 2.24) is 0 Å². The first-order valence-corrected chi connectivity index (χ1v) is 10.8. The molecule has 0 aliphatic carbocycles. The monoisotopic (exact) mass is 438 g/mol. The van der Waals surface area contributed by atoms with Crippen LogP contribution in [-0.4, -0.2) is 12.8 Å². The van der Waals surface area contributed by atoms with Gasteiger partial charge in [0.25, 0.3) is 0 Å². The van der Waals surface area contributed by atoms with E-state index in [0.29, 0.717) is 12.2 Å². The third-order valence-electron chi connectivity index (χ3n) is 5.67. The van der Waals surface area contributed by atoms with E-state index in [1.807, 2.05) is 89.9 Å². The molecule has 33 heavy (non-hydrogen) atoms. The minimum atomic E-state index is -0.400. The van der Waals surface area contributed by atoms with Gasteiger partial charge in [-0.25, -0.2) is 4.39 Å². The van der Waals surface area contributed by atoms with E-state index in [0.717, 1.165) is 28.3 Å². The summed E-state index contributed by atoms with van der Waals surface area (Å²) in [6, 6.07) is 32.1. The van der Waals surface area contributed by atoms with Gasteiger partial charge in [0.2, 0.25) is 0 Å². The van der Waals surface area contributed by atoms with E-state index in [-0.39, 0.29) is 11.8 Å². The van der Waals surface area contributed by atoms with E-state index in [1.54, 1.807) is 19.2 Å². The number of methoxy groups -OCH3 is 1. The smallest absolute Gasteiger partial charge is 0.165 e. The Morgan fingerprint density at radius 2 is 1.52 bits per heavy atom. The van der Waals surface area contributed by atoms with Crippen molar-refractivity contribution >= 4 is 11.4 Å². The van der Waals surface area contributed by atoms with Gasteiger partial charge >= 0.3 is 0 Å². The molecule has 0 bridgehead atoms. The van der Waals surface area contributed by atoms with E-state index in [1.165, 1.54) is 6.07 Å². The summed E-state index contributed by atoms with van der Waals surface area (Å²) in [4.78, 5) is 0. The van der Waals surface area contributed by atoms with Gasteiger partial charge in [-0.15, -0.1) is 0 Å². The van der Waals surface area contributed by atoms with E-state index < -0.39 is 5.82 Å². The maximum Gasteiger partial charge on any atom is 0.165 e. The van der Waals surface area contributed by atoms with E-state index in [4.69, 9.17) is 14.6 Å². The zero-order chi connectivity index (χ0) is 22.6. The second-order valence-corrected chi connectivity index (χ2v) is 7.78. The quantitative estimate of drug-likeness (QED) is 0.326. The summed E-state index contributed by atoms with van der Waals surface area (Å²) in [6.07, 6.45) is 0.678. The average Bonchev–Trinajstić information content (AvgIpc) is 3.32. The molecule has 0 unspecified atom stereocenters. The fraction of sp³-hybridized carbons (Fsp3) is 0.107. The molecule has 0 N–H and O–H groups in total. The molecule has 0 amide bonds. The molecule has 0 saturated heterocycles. The topological polar surface area (TPSA) is 34.1 Å². The highest BCUT2D eigenvalue weighted by molar-refractivity contribution is 6.03. The molecule has 1 heterocycles. The molecule has 0 spiro atoms. The Hall–Kier alpha value is -4.12. The Morgan fingerprint density at radius 1 is 0.818 bits per heavy atom. The zero-order valence-corrected chi connectivity index (χ0v) is 18.2. The fourth-order valence-electron chi connectivity index (χ4n) is 3.97. The molecule has 4 aromatic carbocycles. The van der Waals surface area contributed by atoms with Crippen LogP contribution in [0.1, 0.15) is 23.6 Å². The molecule has 5 heteroatoms. The third kappa shape index (κ3) is 4.44. The minimum Gasteiger partial charge on any atom is -0.497 e. The van der Waals surface area contributed by atoms with Crippen molar-refractivity contribution in [3.05, 3.63) is 120 Å². The highest BCUT2D eigenvalue weighted by atomic mass is 19.1. The molecule has 1 aliphatic heterocycles. The molecule has 0 saturated carbocycles. The lowest BCUT2D eigenvalue weighted by molar-refractivity contribution is 0.415. The largest absolute Gasteiger partial charge is 0.497 e. The normalized spacial score (nSPS) is 15.3. The third-order valence-corrected chi connectivity index (χ3v) is 5.67. The van der Waals surface area contributed by atoms with Gasteiger partial charge in [-0.2, -0.15) is 5.10 Å². The van der Waals surface area contributed by atoms with Gasteiger partial charge in [0.05, 0.1) is 24.6 Å². The summed E-state index contributed by atoms with van der Waals surface area (Å²) in [5, 5.41) is 6.95. The van der Waals surface area contributed by atoms with Crippen molar-refractivity contribution in [2.45, 2.75) is 12.5 Å². The lowest BCUT2D eigenvalue weighted by Crippen LogP contribution is -2.18. The van der Waals surface area contributed by atoms with Crippen LogP contribution in [0.4, 0.5) is 10.1 Å². The van der Waals surface area contributed by atoms with E-state index >= 15 is 0 Å². The number of hydrazone groups is 1. The number of hydrogen-bond donors (Lipinski definition) is 0. The van der Waals surface area contributed by atoms with Crippen molar-refractivity contribution in [3.8, 4) is 17.2 Å². The lowest BCUT2D eigenvalue weighted by atomic mass is 9.98. The van der Waals surface area contributed by atoms with Crippen LogP contribution in [0.3, 0.4) is 0 Å². The van der Waals surface area contributed by atoms with Crippen molar-refractivity contribution in [3.63, 3.8) is 0 Å². The second-order valence-electron chi connectivity index (χ2n) is 7.78. The van der Waals surface area contributed by atoms with Gasteiger partial charge in [-0.3, -0.25) is 5.01 Å². The summed E-state index contributed by atoms with van der Waals surface area (Å²) in [5.74, 6) is 1.19. The predicted octanol–water partition coefficient (Wildman–Crippen LogP) is 6.98. The minimum absolute atomic E-state index is 0.0942. The van der Waals surface area contributed by atoms with Crippen molar-refractivity contribution in [2.24, 2.45) is 5.10 Å². The van der Waals surface area contributed by atoms with Crippen LogP contribution in [0.2, 0.25) is 0 Å². The zero-order valence-electron chi connectivity index (χ0n) is 18.2. The number of nitrogens with zero attached hydrogens (tertiary/aromatic N) is 2. The van der Waals surface area contributed by atoms with Gasteiger partial charge in [-0.1, -0.05) is 42.5 Å². The van der Waals surface area contributed by atoms with Crippen molar-refractivity contribution in [2.75, 3.05) is 12.1 Å². The van der Waals surface area contributed by atoms with Crippen LogP contribution < -0.4 is 14.5 Å². The maximum absolute atomic E-state index is 14.6. The Balaban J connectivity index is 1.50. The molecule has 164 valence electrons. The molecule has 0 fully saturated rings. The number of hydrogen-bond acceptors (Lipinski definition) is 4. The number of halogens is 1. The summed E-state index contributed by atoms with van der Waals surface area (Å²) < 4.78 is 25.7. The second kappa shape index (κ2) is 9.17. The van der Waals surface area contributed by atoms with Crippen LogP contribution >= 0.6 is 0 Å². The summed E-state index contributed by atoms with van der Waals surface area (Å²) in [5.41, 5.74) is 3.89. The van der Waals surface area contributed by atoms with E-state index in [2.05, 4.69) is 0 Å². The fourth-order valence-corrected chi connectivity index (χ4v) is 3.97. The predicted molar refractivity (Wildman–Crippen MR) is 129 cm³/mol. The summed E-state index contributed by atoms with van der Waals surface area (Å²) >= 11 is 0. The Labute approximate surface area is 192 Å². The molecular weight excluding hydrogens is 415 g/mol. The van der Waals surface area contributed by atoms with Crippen LogP contribution in [0.15, 0.2) is 108 Å². The number of ether oxygens (including phenoxy) is 2. The van der Waals surface area contributed by atoms with Crippen LogP contribution in [-0.2, 0) is 0 Å². The molecular formula is C28H23FN2O2. The molecule has 4 aromatic rings. The van der Waals surface area contributed by atoms with Gasteiger partial charge in [0.1, 0.15) is 11.5 Å². The standard InChI is InChI=1S/C28H23FN2O2/c1-32-23-15-12-20(13-16-23)26-19-27(31(30-26)22-8-4-2-5-9-22)21-14-17-25(29)28(18-21)33-24-10-6-3-7-11-24/h2-18,27H,19H2,1H3/t27-/m0/s1. The summed E-state index contributed by atoms with van der Waals surface area (Å²) in [7, 11) is 1.65. The Morgan fingerprint density at radius 3 is 2.21 bits per heavy atom. The van der Waals surface area contributed by atoms with Crippen LogP contribution in [0, 0.1) is 5.82 Å². The van der Waals surface area contributed by atoms with Gasteiger partial charge in [0.15, 0.2) is 11.6 Å². The van der Waals surface area contributed by atoms with Crippen LogP contribution in [0.25, 0.3) is 0 Å². The lowest BCUT2D eigenvalue weighted by Gasteiger charge is -2.24. The van der Waals surface area contributed by atoms with Crippen molar-refractivity contribution < 1.29 is 13.9 Å². The number of rotatable bonds is 6. The highest BCUT2D eigenvalue weighted by Gasteiger charge is 2.30. The average molecular weight is 439 g/mol. The first kappa shape index (κ1) is 20.8. The molecule has 1 aliphatic rings. The molecule has 5 rings (SSSR count). The molecule has 0 aromatic heterocycles. The Kier molecular flexibility index (Phi) is 5.77. The highest BCUT2D eigenvalue weighted by Crippen LogP contribution is 2.39. The first-order valence-electron chi connectivity index (χ1n) is 10.8.